The van der Waals surface area contributed by atoms with Crippen molar-refractivity contribution in [2.24, 2.45) is 0 Å². The van der Waals surface area contributed by atoms with E-state index in [4.69, 9.17) is 4.89 Å². The molecule has 3 aromatic carbocycles. The van der Waals surface area contributed by atoms with Gasteiger partial charge in [0, 0.05) is 11.1 Å². The van der Waals surface area contributed by atoms with Crippen molar-refractivity contribution in [2.45, 2.75) is 20.0 Å². The van der Waals surface area contributed by atoms with Gasteiger partial charge in [-0.15, -0.1) is 0 Å². The lowest BCUT2D eigenvalue weighted by Gasteiger charge is -2.14. The molecule has 0 radical (unpaired) electrons. The maximum atomic E-state index is 9.32. The van der Waals surface area contributed by atoms with Gasteiger partial charge in [0.1, 0.15) is 6.10 Å². The molecule has 1 unspecified atom stereocenters. The van der Waals surface area contributed by atoms with Crippen LogP contribution in [-0.4, -0.2) is 5.26 Å². The molecule has 0 saturated heterocycles. The highest BCUT2D eigenvalue weighted by Crippen LogP contribution is 2.25. The molecule has 0 bridgehead atoms. The van der Waals surface area contributed by atoms with Crippen molar-refractivity contribution in [3.05, 3.63) is 106 Å². The molecule has 3 aromatic rings. The molecule has 0 saturated carbocycles. The topological polar surface area (TPSA) is 29.5 Å². The lowest BCUT2D eigenvalue weighted by atomic mass is 9.99. The van der Waals surface area contributed by atoms with Gasteiger partial charge < -0.3 is 0 Å². The summed E-state index contributed by atoms with van der Waals surface area (Å²) < 4.78 is 0. The average molecular weight is 328 g/mol. The first-order valence-corrected chi connectivity index (χ1v) is 8.21. The number of rotatable bonds is 3. The van der Waals surface area contributed by atoms with Crippen molar-refractivity contribution in [3.8, 4) is 11.8 Å². The molecule has 0 fully saturated rings. The summed E-state index contributed by atoms with van der Waals surface area (Å²) in [7, 11) is 0. The predicted octanol–water partition coefficient (Wildman–Crippen LogP) is 5.28. The maximum absolute atomic E-state index is 9.32. The Hall–Kier alpha value is -2.86. The number of hydrogen-bond donors (Lipinski definition) is 1. The van der Waals surface area contributed by atoms with E-state index < -0.39 is 6.10 Å². The summed E-state index contributed by atoms with van der Waals surface area (Å²) in [6.07, 6.45) is -0.500. The molecule has 0 aliphatic heterocycles. The Morgan fingerprint density at radius 1 is 0.640 bits per heavy atom. The van der Waals surface area contributed by atoms with E-state index in [0.717, 1.165) is 22.3 Å². The van der Waals surface area contributed by atoms with Gasteiger partial charge in [0.05, 0.1) is 0 Å². The van der Waals surface area contributed by atoms with Crippen molar-refractivity contribution < 1.29 is 10.1 Å². The Bertz CT molecular complexity index is 880. The van der Waals surface area contributed by atoms with E-state index >= 15 is 0 Å². The van der Waals surface area contributed by atoms with E-state index in [2.05, 4.69) is 30.9 Å². The molecular weight excluding hydrogens is 308 g/mol. The Balaban J connectivity index is 1.79. The average Bonchev–Trinajstić information content (AvgIpc) is 2.64. The lowest BCUT2D eigenvalue weighted by Crippen LogP contribution is -2.03. The van der Waals surface area contributed by atoms with Crippen LogP contribution in [0.4, 0.5) is 0 Å². The van der Waals surface area contributed by atoms with Crippen LogP contribution >= 0.6 is 0 Å². The minimum atomic E-state index is -0.500. The van der Waals surface area contributed by atoms with Gasteiger partial charge in [-0.2, -0.15) is 0 Å². The van der Waals surface area contributed by atoms with Crippen LogP contribution in [0.25, 0.3) is 0 Å². The third-order valence-electron chi connectivity index (χ3n) is 4.10. The second kappa shape index (κ2) is 7.81. The van der Waals surface area contributed by atoms with Gasteiger partial charge in [0.2, 0.25) is 0 Å². The zero-order chi connectivity index (χ0) is 17.6. The van der Waals surface area contributed by atoms with Crippen molar-refractivity contribution >= 4 is 0 Å². The minimum Gasteiger partial charge on any atom is -0.251 e. The summed E-state index contributed by atoms with van der Waals surface area (Å²) in [6, 6.07) is 23.8. The van der Waals surface area contributed by atoms with Gasteiger partial charge in [0.15, 0.2) is 0 Å². The Morgan fingerprint density at radius 2 is 1.00 bits per heavy atom. The van der Waals surface area contributed by atoms with Gasteiger partial charge in [-0.25, -0.2) is 4.89 Å². The summed E-state index contributed by atoms with van der Waals surface area (Å²) in [4.78, 5) is 4.71. The first kappa shape index (κ1) is 17.0. The second-order valence-corrected chi connectivity index (χ2v) is 6.13. The van der Waals surface area contributed by atoms with E-state index in [9.17, 15) is 5.26 Å². The van der Waals surface area contributed by atoms with Gasteiger partial charge in [0.25, 0.3) is 0 Å². The quantitative estimate of drug-likeness (QED) is 0.402. The second-order valence-electron chi connectivity index (χ2n) is 6.13. The molecule has 3 rings (SSSR count). The normalized spacial score (nSPS) is 11.5. The standard InChI is InChI=1S/C23H20O2/c1-17-3-7-19(8-4-17)9-10-20-11-15-22(16-12-20)23(25-24)21-13-5-18(2)6-14-21/h3-8,11-16,23-24H,1-2H3. The molecule has 0 heterocycles. The summed E-state index contributed by atoms with van der Waals surface area (Å²) in [5.74, 6) is 6.32. The third kappa shape index (κ3) is 4.36. The highest BCUT2D eigenvalue weighted by atomic mass is 17.1. The van der Waals surface area contributed by atoms with Gasteiger partial charge in [-0.3, -0.25) is 5.26 Å². The van der Waals surface area contributed by atoms with E-state index in [1.54, 1.807) is 0 Å². The molecule has 2 nitrogen and oxygen atoms in total. The van der Waals surface area contributed by atoms with Crippen LogP contribution in [-0.2, 0) is 4.89 Å². The summed E-state index contributed by atoms with van der Waals surface area (Å²) >= 11 is 0. The molecule has 0 aliphatic carbocycles. The SMILES string of the molecule is Cc1ccc(C#Cc2ccc(C(OO)c3ccc(C)cc3)cc2)cc1. The fourth-order valence-corrected chi connectivity index (χ4v) is 2.58. The van der Waals surface area contributed by atoms with Crippen molar-refractivity contribution in [2.75, 3.05) is 0 Å². The molecule has 2 heteroatoms. The van der Waals surface area contributed by atoms with Crippen LogP contribution in [0.15, 0.2) is 72.8 Å². The molecule has 0 amide bonds. The Morgan fingerprint density at radius 3 is 1.44 bits per heavy atom. The molecule has 1 N–H and O–H groups in total. The first-order chi connectivity index (χ1) is 12.2. The largest absolute Gasteiger partial charge is 0.251 e. The van der Waals surface area contributed by atoms with E-state index in [1.807, 2.05) is 67.6 Å². The number of aryl methyl sites for hydroxylation is 2. The summed E-state index contributed by atoms with van der Waals surface area (Å²) in [5.41, 5.74) is 6.10. The zero-order valence-corrected chi connectivity index (χ0v) is 14.4. The van der Waals surface area contributed by atoms with E-state index in [-0.39, 0.29) is 0 Å². The molecule has 0 spiro atoms. The first-order valence-electron chi connectivity index (χ1n) is 8.21. The van der Waals surface area contributed by atoms with Gasteiger partial charge in [-0.05, 0) is 49.2 Å². The van der Waals surface area contributed by atoms with Crippen LogP contribution in [0.5, 0.6) is 0 Å². The lowest BCUT2D eigenvalue weighted by molar-refractivity contribution is -0.270. The highest BCUT2D eigenvalue weighted by Gasteiger charge is 2.14. The maximum Gasteiger partial charge on any atom is 0.143 e. The third-order valence-corrected chi connectivity index (χ3v) is 4.10. The monoisotopic (exact) mass is 328 g/mol. The Kier molecular flexibility index (Phi) is 5.30. The molecule has 25 heavy (non-hydrogen) atoms. The van der Waals surface area contributed by atoms with Crippen LogP contribution in [0.3, 0.4) is 0 Å². The van der Waals surface area contributed by atoms with Crippen LogP contribution < -0.4 is 0 Å². The highest BCUT2D eigenvalue weighted by molar-refractivity contribution is 5.45. The predicted molar refractivity (Wildman–Crippen MR) is 100 cm³/mol. The number of benzene rings is 3. The van der Waals surface area contributed by atoms with Crippen LogP contribution in [0, 0.1) is 25.7 Å². The van der Waals surface area contributed by atoms with Crippen molar-refractivity contribution in [1.82, 2.24) is 0 Å². The van der Waals surface area contributed by atoms with Crippen molar-refractivity contribution in [3.63, 3.8) is 0 Å². The van der Waals surface area contributed by atoms with Crippen molar-refractivity contribution in [1.29, 1.82) is 0 Å². The van der Waals surface area contributed by atoms with Gasteiger partial charge in [-0.1, -0.05) is 71.5 Å². The molecule has 0 aromatic heterocycles. The fraction of sp³-hybridized carbons (Fsp3) is 0.130. The van der Waals surface area contributed by atoms with Crippen LogP contribution in [0.1, 0.15) is 39.5 Å². The summed E-state index contributed by atoms with van der Waals surface area (Å²) in [6.45, 7) is 4.09. The summed E-state index contributed by atoms with van der Waals surface area (Å²) in [5, 5.41) is 9.32. The fourth-order valence-electron chi connectivity index (χ4n) is 2.58. The van der Waals surface area contributed by atoms with E-state index in [0.29, 0.717) is 0 Å². The molecule has 0 aliphatic rings. The number of hydrogen-bond acceptors (Lipinski definition) is 2. The van der Waals surface area contributed by atoms with Gasteiger partial charge >= 0.3 is 0 Å². The minimum absolute atomic E-state index is 0.500. The molecule has 124 valence electrons. The molecule has 1 atom stereocenters. The smallest absolute Gasteiger partial charge is 0.143 e. The van der Waals surface area contributed by atoms with Crippen LogP contribution in [0.2, 0.25) is 0 Å². The zero-order valence-electron chi connectivity index (χ0n) is 14.4. The van der Waals surface area contributed by atoms with E-state index in [1.165, 1.54) is 11.1 Å². The molecular formula is C23H20O2. The Labute approximate surface area is 148 Å².